The van der Waals surface area contributed by atoms with Gasteiger partial charge in [-0.15, -0.1) is 0 Å². The minimum absolute atomic E-state index is 0.257. The first-order chi connectivity index (χ1) is 13.9. The summed E-state index contributed by atoms with van der Waals surface area (Å²) >= 11 is 0. The van der Waals surface area contributed by atoms with Crippen LogP contribution in [0.25, 0.3) is 0 Å². The Bertz CT molecular complexity index is 800. The zero-order valence-electron chi connectivity index (χ0n) is 17.4. The molecule has 1 aromatic carbocycles. The number of benzene rings is 1. The van der Waals surface area contributed by atoms with Crippen molar-refractivity contribution in [2.24, 2.45) is 0 Å². The van der Waals surface area contributed by atoms with Crippen molar-refractivity contribution in [3.05, 3.63) is 47.0 Å². The van der Waals surface area contributed by atoms with Gasteiger partial charge in [-0.3, -0.25) is 14.5 Å². The van der Waals surface area contributed by atoms with Crippen molar-refractivity contribution in [2.75, 3.05) is 13.1 Å². The lowest BCUT2D eigenvalue weighted by molar-refractivity contribution is -0.134. The van der Waals surface area contributed by atoms with Crippen LogP contribution in [0.4, 0.5) is 4.79 Å². The first-order valence-corrected chi connectivity index (χ1v) is 10.6. The first-order valence-electron chi connectivity index (χ1n) is 10.6. The normalized spacial score (nSPS) is 21.7. The summed E-state index contributed by atoms with van der Waals surface area (Å²) in [6.45, 7) is 4.08. The van der Waals surface area contributed by atoms with Crippen LogP contribution < -0.4 is 10.6 Å². The Labute approximate surface area is 172 Å². The Morgan fingerprint density at radius 3 is 2.59 bits per heavy atom. The van der Waals surface area contributed by atoms with Crippen LogP contribution in [-0.4, -0.2) is 35.8 Å². The molecule has 0 saturated carbocycles. The van der Waals surface area contributed by atoms with E-state index in [4.69, 9.17) is 0 Å². The third kappa shape index (κ3) is 4.86. The number of amides is 4. The van der Waals surface area contributed by atoms with E-state index in [1.54, 1.807) is 6.92 Å². The van der Waals surface area contributed by atoms with Crippen LogP contribution in [0.1, 0.15) is 63.5 Å². The van der Waals surface area contributed by atoms with Gasteiger partial charge >= 0.3 is 6.03 Å². The van der Waals surface area contributed by atoms with Gasteiger partial charge in [0.1, 0.15) is 12.1 Å². The zero-order chi connectivity index (χ0) is 20.9. The predicted molar refractivity (Wildman–Crippen MR) is 112 cm³/mol. The molecule has 4 amide bonds. The Morgan fingerprint density at radius 1 is 1.17 bits per heavy atom. The number of urea groups is 1. The number of allylic oxidation sites excluding steroid dienone is 1. The van der Waals surface area contributed by atoms with Crippen molar-refractivity contribution < 1.29 is 14.4 Å². The van der Waals surface area contributed by atoms with E-state index in [1.165, 1.54) is 24.0 Å². The molecule has 0 spiro atoms. The maximum atomic E-state index is 13.0. The van der Waals surface area contributed by atoms with E-state index in [-0.39, 0.29) is 12.5 Å². The van der Waals surface area contributed by atoms with Crippen molar-refractivity contribution in [1.29, 1.82) is 0 Å². The largest absolute Gasteiger partial charge is 0.354 e. The summed E-state index contributed by atoms with van der Waals surface area (Å²) in [6.07, 6.45) is 9.76. The highest BCUT2D eigenvalue weighted by molar-refractivity contribution is 6.09. The quantitative estimate of drug-likeness (QED) is 0.521. The number of nitrogens with zero attached hydrogens (tertiary/aromatic N) is 1. The molecular formula is C23H31N3O3. The van der Waals surface area contributed by atoms with Crippen LogP contribution in [-0.2, 0) is 21.5 Å². The number of imide groups is 1. The van der Waals surface area contributed by atoms with Crippen LogP contribution in [0.2, 0.25) is 0 Å². The molecule has 29 heavy (non-hydrogen) atoms. The lowest BCUT2D eigenvalue weighted by Gasteiger charge is -2.22. The van der Waals surface area contributed by atoms with Gasteiger partial charge in [-0.25, -0.2) is 4.79 Å². The second-order valence-electron chi connectivity index (χ2n) is 8.10. The minimum atomic E-state index is -1.14. The van der Waals surface area contributed by atoms with E-state index >= 15 is 0 Å². The van der Waals surface area contributed by atoms with E-state index in [2.05, 4.69) is 23.6 Å². The summed E-state index contributed by atoms with van der Waals surface area (Å²) < 4.78 is 0. The smallest absolute Gasteiger partial charge is 0.325 e. The zero-order valence-corrected chi connectivity index (χ0v) is 17.4. The van der Waals surface area contributed by atoms with Crippen molar-refractivity contribution >= 4 is 17.8 Å². The van der Waals surface area contributed by atoms with Gasteiger partial charge < -0.3 is 10.6 Å². The topological polar surface area (TPSA) is 78.5 Å². The molecule has 1 aliphatic carbocycles. The fourth-order valence-corrected chi connectivity index (χ4v) is 4.02. The molecule has 1 saturated heterocycles. The monoisotopic (exact) mass is 397 g/mol. The predicted octanol–water partition coefficient (Wildman–Crippen LogP) is 3.41. The van der Waals surface area contributed by atoms with Gasteiger partial charge in [-0.2, -0.15) is 0 Å². The number of hydrogen-bond donors (Lipinski definition) is 2. The van der Waals surface area contributed by atoms with E-state index in [0.717, 1.165) is 42.6 Å². The second kappa shape index (κ2) is 9.25. The fourth-order valence-electron chi connectivity index (χ4n) is 4.02. The number of rotatable bonds is 8. The second-order valence-corrected chi connectivity index (χ2v) is 8.10. The average Bonchev–Trinajstić information content (AvgIpc) is 2.93. The summed E-state index contributed by atoms with van der Waals surface area (Å²) in [5, 5.41) is 5.59. The molecule has 0 aromatic heterocycles. The SMILES string of the molecule is CCCc1ccc(C2(C)NC(=O)N(CC(=O)NCCC3=CCCCC3)C2=O)cc1. The summed E-state index contributed by atoms with van der Waals surface area (Å²) in [4.78, 5) is 38.7. The molecule has 6 nitrogen and oxygen atoms in total. The molecule has 2 N–H and O–H groups in total. The summed E-state index contributed by atoms with van der Waals surface area (Å²) in [7, 11) is 0. The Morgan fingerprint density at radius 2 is 1.93 bits per heavy atom. The van der Waals surface area contributed by atoms with Gasteiger partial charge in [-0.1, -0.05) is 49.3 Å². The number of hydrogen-bond acceptors (Lipinski definition) is 3. The van der Waals surface area contributed by atoms with Crippen LogP contribution in [0.5, 0.6) is 0 Å². The molecule has 1 aromatic rings. The van der Waals surface area contributed by atoms with Gasteiger partial charge in [0.15, 0.2) is 0 Å². The number of aryl methyl sites for hydroxylation is 1. The van der Waals surface area contributed by atoms with Gasteiger partial charge in [0.25, 0.3) is 5.91 Å². The van der Waals surface area contributed by atoms with E-state index in [1.807, 2.05) is 24.3 Å². The molecule has 1 unspecified atom stereocenters. The van der Waals surface area contributed by atoms with Gasteiger partial charge in [0, 0.05) is 6.54 Å². The van der Waals surface area contributed by atoms with Crippen molar-refractivity contribution in [3.8, 4) is 0 Å². The molecule has 1 aliphatic heterocycles. The molecule has 3 rings (SSSR count). The third-order valence-corrected chi connectivity index (χ3v) is 5.80. The first kappa shape index (κ1) is 21.1. The van der Waals surface area contributed by atoms with Crippen molar-refractivity contribution in [2.45, 2.75) is 64.3 Å². The Hall–Kier alpha value is -2.63. The number of carbonyl (C=O) groups is 3. The summed E-state index contributed by atoms with van der Waals surface area (Å²) in [6, 6.07) is 7.20. The fraction of sp³-hybridized carbons (Fsp3) is 0.522. The number of carbonyl (C=O) groups excluding carboxylic acids is 3. The minimum Gasteiger partial charge on any atom is -0.354 e. The van der Waals surface area contributed by atoms with E-state index in [0.29, 0.717) is 6.54 Å². The van der Waals surface area contributed by atoms with Gasteiger partial charge in [0.2, 0.25) is 5.91 Å². The molecule has 2 aliphatic rings. The van der Waals surface area contributed by atoms with Crippen LogP contribution in [0, 0.1) is 0 Å². The molecule has 156 valence electrons. The average molecular weight is 398 g/mol. The summed E-state index contributed by atoms with van der Waals surface area (Å²) in [5.74, 6) is -0.705. The number of nitrogens with one attached hydrogen (secondary N) is 2. The maximum Gasteiger partial charge on any atom is 0.325 e. The standard InChI is InChI=1S/C23H31N3O3/c1-3-7-17-10-12-19(13-11-17)23(2)21(28)26(22(29)25-23)16-20(27)24-15-14-18-8-5-4-6-9-18/h8,10-13H,3-7,9,14-16H2,1-2H3,(H,24,27)(H,25,29). The van der Waals surface area contributed by atoms with E-state index < -0.39 is 17.5 Å². The molecule has 1 fully saturated rings. The van der Waals surface area contributed by atoms with Crippen LogP contribution in [0.3, 0.4) is 0 Å². The van der Waals surface area contributed by atoms with Crippen molar-refractivity contribution in [3.63, 3.8) is 0 Å². The lowest BCUT2D eigenvalue weighted by atomic mass is 9.91. The highest BCUT2D eigenvalue weighted by Gasteiger charge is 2.49. The van der Waals surface area contributed by atoms with E-state index in [9.17, 15) is 14.4 Å². The van der Waals surface area contributed by atoms with Crippen molar-refractivity contribution in [1.82, 2.24) is 15.5 Å². The van der Waals surface area contributed by atoms with Crippen LogP contribution in [0.15, 0.2) is 35.9 Å². The van der Waals surface area contributed by atoms with Gasteiger partial charge in [0.05, 0.1) is 0 Å². The third-order valence-electron chi connectivity index (χ3n) is 5.80. The highest BCUT2D eigenvalue weighted by atomic mass is 16.2. The lowest BCUT2D eigenvalue weighted by Crippen LogP contribution is -2.43. The Balaban J connectivity index is 1.57. The molecule has 1 heterocycles. The molecule has 6 heteroatoms. The molecule has 0 radical (unpaired) electrons. The molecule has 0 bridgehead atoms. The van der Waals surface area contributed by atoms with Crippen LogP contribution >= 0.6 is 0 Å². The highest BCUT2D eigenvalue weighted by Crippen LogP contribution is 2.29. The van der Waals surface area contributed by atoms with Gasteiger partial charge in [-0.05, 0) is 56.6 Å². The summed E-state index contributed by atoms with van der Waals surface area (Å²) in [5.41, 5.74) is 2.16. The maximum absolute atomic E-state index is 13.0. The molecule has 1 atom stereocenters. The molecular weight excluding hydrogens is 366 g/mol. The Kier molecular flexibility index (Phi) is 6.72.